The van der Waals surface area contributed by atoms with Crippen molar-refractivity contribution in [3.63, 3.8) is 0 Å². The Morgan fingerprint density at radius 3 is 2.50 bits per heavy atom. The first kappa shape index (κ1) is 11.3. The molecule has 1 aliphatic carbocycles. The van der Waals surface area contributed by atoms with Gasteiger partial charge >= 0.3 is 6.36 Å². The summed E-state index contributed by atoms with van der Waals surface area (Å²) >= 11 is 0. The molecule has 0 bridgehead atoms. The number of benzene rings is 1. The molecule has 0 aliphatic heterocycles. The molecule has 1 aliphatic rings. The smallest absolute Gasteiger partial charge is 0.406 e. The Morgan fingerprint density at radius 2 is 2.00 bits per heavy atom. The third-order valence-corrected chi connectivity index (χ3v) is 2.85. The Labute approximate surface area is 91.4 Å². The molecule has 5 heteroatoms. The summed E-state index contributed by atoms with van der Waals surface area (Å²) in [6, 6.07) is 6.14. The van der Waals surface area contributed by atoms with Gasteiger partial charge < -0.3 is 10.1 Å². The van der Waals surface area contributed by atoms with Crippen molar-refractivity contribution < 1.29 is 17.9 Å². The average Bonchev–Trinajstić information content (AvgIpc) is 2.96. The fourth-order valence-electron chi connectivity index (χ4n) is 1.80. The van der Waals surface area contributed by atoms with Crippen LogP contribution >= 0.6 is 0 Å². The highest BCUT2D eigenvalue weighted by Gasteiger charge is 2.43. The quantitative estimate of drug-likeness (QED) is 0.863. The summed E-state index contributed by atoms with van der Waals surface area (Å²) < 4.78 is 40.0. The molecule has 2 rings (SSSR count). The summed E-state index contributed by atoms with van der Waals surface area (Å²) in [4.78, 5) is 0. The average molecular weight is 231 g/mol. The molecule has 0 saturated heterocycles. The van der Waals surface area contributed by atoms with Crippen LogP contribution in [0, 0.1) is 0 Å². The second-order valence-corrected chi connectivity index (χ2v) is 3.91. The van der Waals surface area contributed by atoms with Crippen molar-refractivity contribution in [3.05, 3.63) is 29.8 Å². The van der Waals surface area contributed by atoms with Gasteiger partial charge in [0.25, 0.3) is 0 Å². The molecule has 16 heavy (non-hydrogen) atoms. The first-order chi connectivity index (χ1) is 7.45. The van der Waals surface area contributed by atoms with Gasteiger partial charge in [-0.25, -0.2) is 0 Å². The van der Waals surface area contributed by atoms with E-state index in [0.29, 0.717) is 0 Å². The van der Waals surface area contributed by atoms with E-state index in [4.69, 9.17) is 0 Å². The summed E-state index contributed by atoms with van der Waals surface area (Å²) in [7, 11) is 1.81. The van der Waals surface area contributed by atoms with Crippen molar-refractivity contribution in [1.29, 1.82) is 0 Å². The molecule has 0 heterocycles. The molecule has 0 aromatic heterocycles. The maximum Gasteiger partial charge on any atom is 0.573 e. The number of hydrogen-bond acceptors (Lipinski definition) is 2. The largest absolute Gasteiger partial charge is 0.573 e. The number of rotatable bonds is 3. The lowest BCUT2D eigenvalue weighted by Crippen LogP contribution is -2.24. The molecule has 1 N–H and O–H groups in total. The lowest BCUT2D eigenvalue weighted by Gasteiger charge is -2.16. The van der Waals surface area contributed by atoms with Gasteiger partial charge in [-0.05, 0) is 37.6 Å². The fourth-order valence-corrected chi connectivity index (χ4v) is 1.80. The number of nitrogens with one attached hydrogen (secondary N) is 1. The van der Waals surface area contributed by atoms with Gasteiger partial charge in [-0.2, -0.15) is 0 Å². The van der Waals surface area contributed by atoms with Gasteiger partial charge in [0.2, 0.25) is 0 Å². The van der Waals surface area contributed by atoms with E-state index in [1.807, 2.05) is 13.1 Å². The Balaban J connectivity index is 2.20. The van der Waals surface area contributed by atoms with Crippen molar-refractivity contribution in [1.82, 2.24) is 5.32 Å². The first-order valence-electron chi connectivity index (χ1n) is 5.00. The molecule has 0 amide bonds. The minimum Gasteiger partial charge on any atom is -0.406 e. The summed E-state index contributed by atoms with van der Waals surface area (Å²) in [5.74, 6) is -0.161. The van der Waals surface area contributed by atoms with Crippen LogP contribution in [0.3, 0.4) is 0 Å². The minimum absolute atomic E-state index is 0.148. The molecule has 0 unspecified atom stereocenters. The molecule has 0 radical (unpaired) electrons. The summed E-state index contributed by atoms with van der Waals surface area (Å²) in [6.45, 7) is 0. The fraction of sp³-hybridized carbons (Fsp3) is 0.455. The Kier molecular flexibility index (Phi) is 2.58. The van der Waals surface area contributed by atoms with E-state index in [0.717, 1.165) is 18.4 Å². The summed E-state index contributed by atoms with van der Waals surface area (Å²) in [6.07, 6.45) is -2.74. The van der Waals surface area contributed by atoms with Crippen LogP contribution in [0.25, 0.3) is 0 Å². The molecule has 1 saturated carbocycles. The van der Waals surface area contributed by atoms with Crippen LogP contribution in [0.15, 0.2) is 24.3 Å². The van der Waals surface area contributed by atoms with Crippen molar-refractivity contribution in [3.8, 4) is 5.75 Å². The van der Waals surface area contributed by atoms with Gasteiger partial charge in [-0.15, -0.1) is 13.2 Å². The maximum absolute atomic E-state index is 12.0. The lowest BCUT2D eigenvalue weighted by atomic mass is 10.1. The molecule has 0 spiro atoms. The zero-order valence-electron chi connectivity index (χ0n) is 8.77. The third kappa shape index (κ3) is 2.29. The van der Waals surface area contributed by atoms with Crippen LogP contribution in [0.1, 0.15) is 18.4 Å². The second kappa shape index (κ2) is 3.66. The Bertz CT molecular complexity index is 385. The molecule has 1 aromatic carbocycles. The molecule has 1 fully saturated rings. The molecule has 2 nitrogen and oxygen atoms in total. The molecular weight excluding hydrogens is 219 g/mol. The molecule has 0 atom stereocenters. The van der Waals surface area contributed by atoms with Crippen LogP contribution in [0.5, 0.6) is 5.75 Å². The van der Waals surface area contributed by atoms with Gasteiger partial charge in [0.05, 0.1) is 0 Å². The van der Waals surface area contributed by atoms with E-state index in [2.05, 4.69) is 10.1 Å². The highest BCUT2D eigenvalue weighted by molar-refractivity contribution is 5.36. The third-order valence-electron chi connectivity index (χ3n) is 2.85. The SMILES string of the molecule is CNC1(c2cccc(OC(F)(F)F)c2)CC1. The van der Waals surface area contributed by atoms with E-state index >= 15 is 0 Å². The van der Waals surface area contributed by atoms with Crippen molar-refractivity contribution in [2.45, 2.75) is 24.7 Å². The van der Waals surface area contributed by atoms with Gasteiger partial charge in [0.1, 0.15) is 5.75 Å². The standard InChI is InChI=1S/C11H12F3NO/c1-15-10(5-6-10)8-3-2-4-9(7-8)16-11(12,13)14/h2-4,7,15H,5-6H2,1H3. The second-order valence-electron chi connectivity index (χ2n) is 3.91. The summed E-state index contributed by atoms with van der Waals surface area (Å²) in [5.41, 5.74) is 0.696. The summed E-state index contributed by atoms with van der Waals surface area (Å²) in [5, 5.41) is 3.12. The highest BCUT2D eigenvalue weighted by Crippen LogP contribution is 2.45. The predicted molar refractivity (Wildman–Crippen MR) is 53.1 cm³/mol. The van der Waals surface area contributed by atoms with Crippen LogP contribution in [0.2, 0.25) is 0 Å². The van der Waals surface area contributed by atoms with Gasteiger partial charge in [0, 0.05) is 5.54 Å². The van der Waals surface area contributed by atoms with Gasteiger partial charge in [0.15, 0.2) is 0 Å². The van der Waals surface area contributed by atoms with Crippen molar-refractivity contribution >= 4 is 0 Å². The zero-order chi connectivity index (χ0) is 11.8. The van der Waals surface area contributed by atoms with E-state index in [1.165, 1.54) is 12.1 Å². The van der Waals surface area contributed by atoms with Gasteiger partial charge in [-0.1, -0.05) is 12.1 Å². The highest BCUT2D eigenvalue weighted by atomic mass is 19.4. The van der Waals surface area contributed by atoms with Crippen LogP contribution in [0.4, 0.5) is 13.2 Å². The number of hydrogen-bond donors (Lipinski definition) is 1. The van der Waals surface area contributed by atoms with E-state index in [-0.39, 0.29) is 11.3 Å². The lowest BCUT2D eigenvalue weighted by molar-refractivity contribution is -0.274. The van der Waals surface area contributed by atoms with Crippen LogP contribution in [-0.4, -0.2) is 13.4 Å². The van der Waals surface area contributed by atoms with E-state index in [9.17, 15) is 13.2 Å². The first-order valence-corrected chi connectivity index (χ1v) is 5.00. The topological polar surface area (TPSA) is 21.3 Å². The van der Waals surface area contributed by atoms with Crippen molar-refractivity contribution in [2.75, 3.05) is 7.05 Å². The van der Waals surface area contributed by atoms with Gasteiger partial charge in [-0.3, -0.25) is 0 Å². The number of alkyl halides is 3. The Morgan fingerprint density at radius 1 is 1.31 bits per heavy atom. The Hall–Kier alpha value is -1.23. The maximum atomic E-state index is 12.0. The zero-order valence-corrected chi connectivity index (χ0v) is 8.77. The predicted octanol–water partition coefficient (Wildman–Crippen LogP) is 2.79. The van der Waals surface area contributed by atoms with E-state index in [1.54, 1.807) is 6.07 Å². The molecular formula is C11H12F3NO. The number of ether oxygens (including phenoxy) is 1. The van der Waals surface area contributed by atoms with Crippen molar-refractivity contribution in [2.24, 2.45) is 0 Å². The monoisotopic (exact) mass is 231 g/mol. The number of halogens is 3. The molecule has 88 valence electrons. The molecule has 1 aromatic rings. The normalized spacial score (nSPS) is 18.2. The van der Waals surface area contributed by atoms with E-state index < -0.39 is 6.36 Å². The minimum atomic E-state index is -4.63. The van der Waals surface area contributed by atoms with Crippen LogP contribution < -0.4 is 10.1 Å². The van der Waals surface area contributed by atoms with Crippen LogP contribution in [-0.2, 0) is 5.54 Å².